The lowest BCUT2D eigenvalue weighted by Crippen LogP contribution is -2.74. The summed E-state index contributed by atoms with van der Waals surface area (Å²) in [5.74, 6) is -1.29. The summed E-state index contributed by atoms with van der Waals surface area (Å²) in [7, 11) is 0. The Morgan fingerprint density at radius 3 is 2.16 bits per heavy atom. The smallest absolute Gasteiger partial charge is 0.416 e. The van der Waals surface area contributed by atoms with Crippen molar-refractivity contribution >= 4 is 29.9 Å². The number of cyclic esters (lactones) is 1. The van der Waals surface area contributed by atoms with Crippen LogP contribution in [0.4, 0.5) is 18.0 Å². The van der Waals surface area contributed by atoms with Crippen molar-refractivity contribution in [3.63, 3.8) is 0 Å². The Hall–Kier alpha value is -5.95. The zero-order chi connectivity index (χ0) is 39.9. The number of hydrogen-bond acceptors (Lipinski definition) is 6. The van der Waals surface area contributed by atoms with Gasteiger partial charge in [-0.15, -0.1) is 0 Å². The first kappa shape index (κ1) is 39.3. The van der Waals surface area contributed by atoms with E-state index < -0.39 is 53.8 Å². The zero-order valence-corrected chi connectivity index (χ0v) is 31.3. The summed E-state index contributed by atoms with van der Waals surface area (Å²) in [6, 6.07) is 29.8. The average molecular weight is 780 g/mol. The third-order valence-corrected chi connectivity index (χ3v) is 10.8. The maximum atomic E-state index is 14.4. The van der Waals surface area contributed by atoms with Gasteiger partial charge in [0.25, 0.3) is 0 Å². The lowest BCUT2D eigenvalue weighted by molar-refractivity contribution is -0.163. The molecule has 13 heteroatoms. The monoisotopic (exact) mass is 779 g/mol. The third kappa shape index (κ3) is 9.20. The number of halogens is 3. The molecule has 0 saturated carbocycles. The molecule has 0 aliphatic carbocycles. The molecule has 4 atom stereocenters. The van der Waals surface area contributed by atoms with E-state index in [9.17, 15) is 32.3 Å². The Morgan fingerprint density at radius 1 is 0.825 bits per heavy atom. The van der Waals surface area contributed by atoms with Gasteiger partial charge >= 0.3 is 12.3 Å². The molecule has 0 bridgehead atoms. The number of piperazine rings is 1. The lowest BCUT2D eigenvalue weighted by atomic mass is 9.87. The molecular formula is C44H44F3N5O5. The van der Waals surface area contributed by atoms with Crippen molar-refractivity contribution in [1.29, 1.82) is 0 Å². The molecule has 57 heavy (non-hydrogen) atoms. The molecule has 0 radical (unpaired) electrons. The molecule has 7 rings (SSSR count). The largest absolute Gasteiger partial charge is 0.447 e. The minimum Gasteiger partial charge on any atom is -0.447 e. The molecule has 4 amide bonds. The van der Waals surface area contributed by atoms with Crippen LogP contribution in [0.2, 0.25) is 0 Å². The van der Waals surface area contributed by atoms with Crippen LogP contribution in [0.1, 0.15) is 46.7 Å². The number of β-lactam (4-membered cyclic amide) rings is 1. The van der Waals surface area contributed by atoms with Gasteiger partial charge in [-0.05, 0) is 40.8 Å². The summed E-state index contributed by atoms with van der Waals surface area (Å²) in [6.45, 7) is 2.93. The van der Waals surface area contributed by atoms with Gasteiger partial charge in [-0.3, -0.25) is 24.2 Å². The topological polar surface area (TPSA) is 103 Å². The lowest BCUT2D eigenvalue weighted by Gasteiger charge is -2.52. The van der Waals surface area contributed by atoms with Crippen LogP contribution in [0.3, 0.4) is 0 Å². The second kappa shape index (κ2) is 17.5. The summed E-state index contributed by atoms with van der Waals surface area (Å²) < 4.78 is 46.0. The van der Waals surface area contributed by atoms with E-state index in [0.717, 1.165) is 29.8 Å². The van der Waals surface area contributed by atoms with Gasteiger partial charge in [0.2, 0.25) is 17.7 Å². The van der Waals surface area contributed by atoms with Crippen molar-refractivity contribution in [2.45, 2.75) is 56.3 Å². The van der Waals surface area contributed by atoms with Gasteiger partial charge in [-0.25, -0.2) is 4.79 Å². The van der Waals surface area contributed by atoms with Crippen molar-refractivity contribution in [3.8, 4) is 0 Å². The quantitative estimate of drug-likeness (QED) is 0.160. The van der Waals surface area contributed by atoms with Crippen LogP contribution in [0.5, 0.6) is 0 Å². The predicted octanol–water partition coefficient (Wildman–Crippen LogP) is 6.30. The second-order valence-corrected chi connectivity index (χ2v) is 14.5. The fourth-order valence-electron chi connectivity index (χ4n) is 7.78. The molecule has 1 N–H and O–H groups in total. The number of nitrogens with zero attached hydrogens (tertiary/aromatic N) is 4. The number of alkyl halides is 3. The highest BCUT2D eigenvalue weighted by Crippen LogP contribution is 2.39. The number of carbonyl (C=O) groups is 4. The van der Waals surface area contributed by atoms with Crippen LogP contribution < -0.4 is 5.32 Å². The Morgan fingerprint density at radius 2 is 1.47 bits per heavy atom. The molecule has 3 aliphatic heterocycles. The molecule has 4 aromatic carbocycles. The number of benzene rings is 4. The molecule has 3 heterocycles. The Labute approximate surface area is 329 Å². The maximum absolute atomic E-state index is 14.4. The third-order valence-electron chi connectivity index (χ3n) is 10.8. The van der Waals surface area contributed by atoms with Crippen LogP contribution in [0, 0.1) is 0 Å². The number of carbonyl (C=O) groups excluding carboxylic acids is 4. The molecule has 10 nitrogen and oxygen atoms in total. The molecular weight excluding hydrogens is 736 g/mol. The highest BCUT2D eigenvalue weighted by atomic mass is 19.4. The number of ether oxygens (including phenoxy) is 1. The van der Waals surface area contributed by atoms with E-state index in [2.05, 4.69) is 22.3 Å². The molecule has 3 aliphatic rings. The van der Waals surface area contributed by atoms with E-state index in [4.69, 9.17) is 4.74 Å². The van der Waals surface area contributed by atoms with Crippen LogP contribution in [0.25, 0.3) is 6.08 Å². The van der Waals surface area contributed by atoms with Crippen molar-refractivity contribution in [2.24, 2.45) is 0 Å². The van der Waals surface area contributed by atoms with Crippen LogP contribution in [0.15, 0.2) is 121 Å². The summed E-state index contributed by atoms with van der Waals surface area (Å²) in [4.78, 5) is 62.5. The van der Waals surface area contributed by atoms with Gasteiger partial charge in [0.15, 0.2) is 0 Å². The molecule has 3 fully saturated rings. The SMILES string of the molecule is O=C(NCc1cccc(C(F)(F)F)c1)[C@H](CCC(=O)N1CCN(Cc2ccccc2)CC1)N1C(=O)[C@@H](N2C(=O)OC[C@@H]2c2ccccc2)[C@H]1/C=C/c1ccccc1. The van der Waals surface area contributed by atoms with E-state index in [1.54, 1.807) is 11.0 Å². The van der Waals surface area contributed by atoms with Gasteiger partial charge < -0.3 is 19.9 Å². The number of nitrogens with one attached hydrogen (secondary N) is 1. The number of amides is 4. The first-order valence-electron chi connectivity index (χ1n) is 19.1. The van der Waals surface area contributed by atoms with E-state index in [-0.39, 0.29) is 37.5 Å². The normalized spacial score (nSPS) is 20.7. The fraction of sp³-hybridized carbons (Fsp3) is 0.318. The van der Waals surface area contributed by atoms with Gasteiger partial charge in [0.1, 0.15) is 18.7 Å². The predicted molar refractivity (Wildman–Crippen MR) is 207 cm³/mol. The molecule has 4 aromatic rings. The average Bonchev–Trinajstić information content (AvgIpc) is 3.60. The molecule has 296 valence electrons. The minimum absolute atomic E-state index is 0.0375. The highest BCUT2D eigenvalue weighted by molar-refractivity contribution is 5.98. The number of hydrogen-bond donors (Lipinski definition) is 1. The van der Waals surface area contributed by atoms with E-state index in [1.165, 1.54) is 27.5 Å². The molecule has 3 saturated heterocycles. The van der Waals surface area contributed by atoms with E-state index in [1.807, 2.05) is 84.9 Å². The van der Waals surface area contributed by atoms with Gasteiger partial charge in [0, 0.05) is 45.7 Å². The van der Waals surface area contributed by atoms with Crippen LogP contribution in [-0.2, 0) is 38.4 Å². The number of likely N-dealkylation sites (tertiary alicyclic amines) is 1. The Balaban J connectivity index is 1.13. The van der Waals surface area contributed by atoms with Crippen LogP contribution in [-0.4, -0.2) is 94.3 Å². The number of rotatable bonds is 13. The zero-order valence-electron chi connectivity index (χ0n) is 31.3. The molecule has 0 unspecified atom stereocenters. The first-order chi connectivity index (χ1) is 27.6. The fourth-order valence-corrected chi connectivity index (χ4v) is 7.78. The maximum Gasteiger partial charge on any atom is 0.416 e. The van der Waals surface area contributed by atoms with Gasteiger partial charge in [-0.2, -0.15) is 13.2 Å². The van der Waals surface area contributed by atoms with Crippen molar-refractivity contribution in [2.75, 3.05) is 32.8 Å². The van der Waals surface area contributed by atoms with Gasteiger partial charge in [0.05, 0.1) is 17.6 Å². The van der Waals surface area contributed by atoms with Gasteiger partial charge in [-0.1, -0.05) is 115 Å². The standard InChI is InChI=1S/C44H44F3N5O5/c45-44(46,47)35-18-10-15-33(27-35)28-48-41(54)37(21-22-39(53)50-25-23-49(24-26-50)29-32-13-6-2-7-14-32)51-36(20-19-31-11-4-1-5-12-31)40(42(51)55)52-38(30-57-43(52)56)34-16-8-3-9-17-34/h1-20,27,36-38,40H,21-26,28-30H2,(H,48,54)/b20-19+/t36-,37+,38-,40+/m1/s1. The van der Waals surface area contributed by atoms with E-state index in [0.29, 0.717) is 26.2 Å². The first-order valence-corrected chi connectivity index (χ1v) is 19.1. The van der Waals surface area contributed by atoms with Crippen molar-refractivity contribution in [1.82, 2.24) is 24.9 Å². The molecule has 0 spiro atoms. The second-order valence-electron chi connectivity index (χ2n) is 14.5. The minimum atomic E-state index is -4.57. The Bertz CT molecular complexity index is 2060. The van der Waals surface area contributed by atoms with Crippen molar-refractivity contribution in [3.05, 3.63) is 149 Å². The summed E-state index contributed by atoms with van der Waals surface area (Å²) >= 11 is 0. The summed E-state index contributed by atoms with van der Waals surface area (Å²) in [5.41, 5.74) is 2.16. The summed E-state index contributed by atoms with van der Waals surface area (Å²) in [5, 5.41) is 2.74. The highest BCUT2D eigenvalue weighted by Gasteiger charge is 2.58. The Kier molecular flexibility index (Phi) is 12.0. The molecule has 0 aromatic heterocycles. The van der Waals surface area contributed by atoms with E-state index >= 15 is 0 Å². The summed E-state index contributed by atoms with van der Waals surface area (Å²) in [6.07, 6.45) is -1.74. The van der Waals surface area contributed by atoms with Crippen LogP contribution >= 0.6 is 0 Å². The van der Waals surface area contributed by atoms with Crippen molar-refractivity contribution < 1.29 is 37.1 Å².